The first-order valence-electron chi connectivity index (χ1n) is 5.45. The second-order valence-electron chi connectivity index (χ2n) is 3.91. The number of hydrogen-bond donors (Lipinski definition) is 1. The van der Waals surface area contributed by atoms with Crippen LogP contribution in [0.15, 0.2) is 0 Å². The van der Waals surface area contributed by atoms with Crippen molar-refractivity contribution >= 4 is 16.1 Å². The summed E-state index contributed by atoms with van der Waals surface area (Å²) in [5.74, 6) is -1.62. The normalized spacial score (nSPS) is 14.9. The summed E-state index contributed by atoms with van der Waals surface area (Å²) in [5, 5.41) is -5.67. The van der Waals surface area contributed by atoms with Gasteiger partial charge in [-0.2, -0.15) is 30.4 Å². The van der Waals surface area contributed by atoms with Gasteiger partial charge in [0, 0.05) is 6.42 Å². The molecule has 120 valence electrons. The second kappa shape index (κ2) is 6.66. The van der Waals surface area contributed by atoms with Gasteiger partial charge in [0.1, 0.15) is 0 Å². The Bertz CT molecular complexity index is 430. The summed E-state index contributed by atoms with van der Waals surface area (Å²) in [6.07, 6.45) is -9.48. The van der Waals surface area contributed by atoms with Gasteiger partial charge in [0.05, 0.1) is 0 Å². The Labute approximate surface area is 111 Å². The van der Waals surface area contributed by atoms with E-state index in [1.807, 2.05) is 0 Å². The molecule has 0 aromatic rings. The minimum atomic E-state index is -6.39. The Kier molecular flexibility index (Phi) is 6.33. The summed E-state index contributed by atoms with van der Waals surface area (Å²) in [4.78, 5) is 11.0. The van der Waals surface area contributed by atoms with E-state index in [-0.39, 0.29) is 6.42 Å². The van der Waals surface area contributed by atoms with Crippen LogP contribution in [0.2, 0.25) is 0 Å². The monoisotopic (exact) mass is 328 g/mol. The Balaban J connectivity index is 5.08. The van der Waals surface area contributed by atoms with Crippen molar-refractivity contribution in [2.45, 2.75) is 50.1 Å². The van der Waals surface area contributed by atoms with Gasteiger partial charge in [0.15, 0.2) is 0 Å². The zero-order chi connectivity index (χ0) is 16.2. The van der Waals surface area contributed by atoms with Crippen LogP contribution in [-0.4, -0.2) is 36.5 Å². The zero-order valence-electron chi connectivity index (χ0n) is 10.3. The summed E-state index contributed by atoms with van der Waals surface area (Å²) in [6, 6.07) is 0. The van der Waals surface area contributed by atoms with Crippen LogP contribution in [0.25, 0.3) is 0 Å². The van der Waals surface area contributed by atoms with E-state index in [9.17, 15) is 35.2 Å². The minimum absolute atomic E-state index is 0.108. The van der Waals surface area contributed by atoms with Crippen LogP contribution in [-0.2, 0) is 19.6 Å². The molecule has 0 radical (unpaired) electrons. The number of halogens is 5. The molecule has 0 aliphatic rings. The van der Waals surface area contributed by atoms with E-state index in [2.05, 4.69) is 4.74 Å². The Hall–Kier alpha value is -0.970. The van der Waals surface area contributed by atoms with Gasteiger partial charge in [-0.1, -0.05) is 19.8 Å². The van der Waals surface area contributed by atoms with Crippen molar-refractivity contribution < 1.29 is 44.5 Å². The summed E-state index contributed by atoms with van der Waals surface area (Å²) >= 11 is 0. The fourth-order valence-corrected chi connectivity index (χ4v) is 1.62. The number of rotatable bonds is 7. The van der Waals surface area contributed by atoms with Crippen molar-refractivity contribution in [2.24, 2.45) is 0 Å². The van der Waals surface area contributed by atoms with E-state index in [0.717, 1.165) is 0 Å². The molecule has 0 aromatic heterocycles. The summed E-state index contributed by atoms with van der Waals surface area (Å²) < 4.78 is 95.3. The van der Waals surface area contributed by atoms with E-state index in [0.29, 0.717) is 12.8 Å². The lowest BCUT2D eigenvalue weighted by atomic mass is 10.2. The van der Waals surface area contributed by atoms with Crippen molar-refractivity contribution in [3.8, 4) is 0 Å². The first-order chi connectivity index (χ1) is 8.84. The quantitative estimate of drug-likeness (QED) is 0.336. The first kappa shape index (κ1) is 19.0. The molecule has 5 nitrogen and oxygen atoms in total. The lowest BCUT2D eigenvalue weighted by molar-refractivity contribution is -0.259. The topological polar surface area (TPSA) is 80.7 Å². The molecular weight excluding hydrogens is 315 g/mol. The highest BCUT2D eigenvalue weighted by Crippen LogP contribution is 2.38. The van der Waals surface area contributed by atoms with Gasteiger partial charge >= 0.3 is 27.5 Å². The summed E-state index contributed by atoms with van der Waals surface area (Å²) in [5.41, 5.74) is 0. The van der Waals surface area contributed by atoms with Crippen LogP contribution in [0.4, 0.5) is 22.0 Å². The van der Waals surface area contributed by atoms with Crippen LogP contribution in [0, 0.1) is 0 Å². The highest BCUT2D eigenvalue weighted by atomic mass is 32.2. The van der Waals surface area contributed by atoms with E-state index in [4.69, 9.17) is 4.55 Å². The molecule has 20 heavy (non-hydrogen) atoms. The summed E-state index contributed by atoms with van der Waals surface area (Å²) in [6.45, 7) is 1.73. The second-order valence-corrected chi connectivity index (χ2v) is 5.40. The van der Waals surface area contributed by atoms with E-state index in [1.165, 1.54) is 0 Å². The number of carbonyl (C=O) groups is 1. The van der Waals surface area contributed by atoms with E-state index in [1.54, 1.807) is 6.92 Å². The SMILES string of the molecule is CCCCCC(=O)OC(C(F)(F)F)C(F)(F)S(=O)(=O)O. The Morgan fingerprint density at radius 3 is 2.05 bits per heavy atom. The van der Waals surface area contributed by atoms with Crippen LogP contribution >= 0.6 is 0 Å². The molecule has 0 saturated carbocycles. The lowest BCUT2D eigenvalue weighted by Crippen LogP contribution is -2.52. The molecule has 0 rings (SSSR count). The molecular formula is C9H13F5O5S. The average Bonchev–Trinajstić information content (AvgIpc) is 2.23. The fourth-order valence-electron chi connectivity index (χ4n) is 1.17. The number of alkyl halides is 5. The molecule has 1 N–H and O–H groups in total. The van der Waals surface area contributed by atoms with Gasteiger partial charge in [0.2, 0.25) is 0 Å². The number of ether oxygens (including phenoxy) is 1. The molecule has 0 aliphatic carbocycles. The van der Waals surface area contributed by atoms with Gasteiger partial charge in [-0.25, -0.2) is 0 Å². The molecule has 11 heteroatoms. The molecule has 0 heterocycles. The Morgan fingerprint density at radius 1 is 1.20 bits per heavy atom. The van der Waals surface area contributed by atoms with Gasteiger partial charge in [-0.3, -0.25) is 9.35 Å². The predicted molar refractivity (Wildman–Crippen MR) is 56.6 cm³/mol. The molecule has 0 aliphatic heterocycles. The number of esters is 1. The highest BCUT2D eigenvalue weighted by Gasteiger charge is 2.65. The van der Waals surface area contributed by atoms with Crippen LogP contribution in [0.1, 0.15) is 32.6 Å². The number of hydrogen-bond acceptors (Lipinski definition) is 4. The van der Waals surface area contributed by atoms with Crippen molar-refractivity contribution in [3.63, 3.8) is 0 Å². The average molecular weight is 328 g/mol. The van der Waals surface area contributed by atoms with Crippen LogP contribution < -0.4 is 0 Å². The third-order valence-electron chi connectivity index (χ3n) is 2.18. The molecule has 0 aromatic carbocycles. The van der Waals surface area contributed by atoms with Crippen molar-refractivity contribution in [3.05, 3.63) is 0 Å². The fraction of sp³-hybridized carbons (Fsp3) is 0.889. The van der Waals surface area contributed by atoms with Crippen molar-refractivity contribution in [1.82, 2.24) is 0 Å². The first-order valence-corrected chi connectivity index (χ1v) is 6.89. The van der Waals surface area contributed by atoms with E-state index < -0.39 is 40.0 Å². The molecule has 0 amide bonds. The number of carbonyl (C=O) groups excluding carboxylic acids is 1. The van der Waals surface area contributed by atoms with E-state index >= 15 is 0 Å². The molecule has 0 spiro atoms. The van der Waals surface area contributed by atoms with Crippen LogP contribution in [0.3, 0.4) is 0 Å². The standard InChI is InChI=1S/C9H13F5O5S/c1-2-3-4-5-6(15)19-7(8(10,11)12)9(13,14)20(16,17)18/h7H,2-5H2,1H3,(H,16,17,18). The highest BCUT2D eigenvalue weighted by molar-refractivity contribution is 7.86. The number of unbranched alkanes of at least 4 members (excludes halogenated alkanes) is 2. The third kappa shape index (κ3) is 5.19. The lowest BCUT2D eigenvalue weighted by Gasteiger charge is -2.26. The van der Waals surface area contributed by atoms with Gasteiger partial charge < -0.3 is 4.74 Å². The maximum atomic E-state index is 13.0. The summed E-state index contributed by atoms with van der Waals surface area (Å²) in [7, 11) is -6.39. The molecule has 0 bridgehead atoms. The van der Waals surface area contributed by atoms with Crippen LogP contribution in [0.5, 0.6) is 0 Å². The van der Waals surface area contributed by atoms with Crippen molar-refractivity contribution in [1.29, 1.82) is 0 Å². The molecule has 0 fully saturated rings. The van der Waals surface area contributed by atoms with Gasteiger partial charge in [-0.05, 0) is 6.42 Å². The van der Waals surface area contributed by atoms with Gasteiger partial charge in [0.25, 0.3) is 6.10 Å². The van der Waals surface area contributed by atoms with Crippen molar-refractivity contribution in [2.75, 3.05) is 0 Å². The zero-order valence-corrected chi connectivity index (χ0v) is 11.1. The largest absolute Gasteiger partial charge is 0.445 e. The maximum Gasteiger partial charge on any atom is 0.432 e. The predicted octanol–water partition coefficient (Wildman–Crippen LogP) is 2.52. The minimum Gasteiger partial charge on any atom is -0.445 e. The smallest absolute Gasteiger partial charge is 0.432 e. The third-order valence-corrected chi connectivity index (χ3v) is 3.08. The Morgan fingerprint density at radius 2 is 1.70 bits per heavy atom. The molecule has 1 unspecified atom stereocenters. The van der Waals surface area contributed by atoms with Gasteiger partial charge in [-0.15, -0.1) is 0 Å². The molecule has 1 atom stereocenters. The maximum absolute atomic E-state index is 13.0. The molecule has 0 saturated heterocycles.